The van der Waals surface area contributed by atoms with E-state index in [9.17, 15) is 0 Å². The summed E-state index contributed by atoms with van der Waals surface area (Å²) in [6.07, 6.45) is 2.20. The summed E-state index contributed by atoms with van der Waals surface area (Å²) in [7, 11) is 7.96. The molecule has 0 aliphatic rings. The Kier molecular flexibility index (Phi) is 6.01. The highest BCUT2D eigenvalue weighted by atomic mass is 16.5. The first-order valence-corrected chi connectivity index (χ1v) is 6.10. The van der Waals surface area contributed by atoms with Gasteiger partial charge in [0, 0.05) is 6.04 Å². The Labute approximate surface area is 105 Å². The van der Waals surface area contributed by atoms with Gasteiger partial charge in [-0.05, 0) is 58.2 Å². The molecule has 1 unspecified atom stereocenters. The Morgan fingerprint density at radius 3 is 2.71 bits per heavy atom. The predicted molar refractivity (Wildman–Crippen MR) is 72.7 cm³/mol. The maximum atomic E-state index is 5.24. The van der Waals surface area contributed by atoms with E-state index in [0.29, 0.717) is 6.04 Å². The van der Waals surface area contributed by atoms with Crippen LogP contribution in [0.3, 0.4) is 0 Å². The largest absolute Gasteiger partial charge is 0.497 e. The number of benzene rings is 1. The van der Waals surface area contributed by atoms with E-state index in [1.807, 2.05) is 19.2 Å². The van der Waals surface area contributed by atoms with Crippen LogP contribution in [0.15, 0.2) is 24.3 Å². The Bertz CT molecular complexity index is 326. The van der Waals surface area contributed by atoms with Gasteiger partial charge >= 0.3 is 0 Å². The molecule has 0 radical (unpaired) electrons. The van der Waals surface area contributed by atoms with E-state index in [2.05, 4.69) is 36.4 Å². The number of hydrogen-bond donors (Lipinski definition) is 1. The van der Waals surface area contributed by atoms with Crippen LogP contribution in [0.4, 0.5) is 0 Å². The van der Waals surface area contributed by atoms with Gasteiger partial charge in [0.1, 0.15) is 5.75 Å². The second kappa shape index (κ2) is 7.30. The average molecular weight is 236 g/mol. The molecule has 0 spiro atoms. The molecule has 0 saturated carbocycles. The highest BCUT2D eigenvalue weighted by Gasteiger charge is 2.08. The number of nitrogens with one attached hydrogen (secondary N) is 1. The minimum atomic E-state index is 0.518. The molecule has 0 saturated heterocycles. The van der Waals surface area contributed by atoms with Crippen molar-refractivity contribution in [2.75, 3.05) is 34.8 Å². The summed E-state index contributed by atoms with van der Waals surface area (Å²) >= 11 is 0. The number of rotatable bonds is 7. The van der Waals surface area contributed by atoms with E-state index < -0.39 is 0 Å². The highest BCUT2D eigenvalue weighted by molar-refractivity contribution is 5.28. The van der Waals surface area contributed by atoms with E-state index in [-0.39, 0.29) is 0 Å². The van der Waals surface area contributed by atoms with Gasteiger partial charge in [-0.15, -0.1) is 0 Å². The number of ether oxygens (including phenoxy) is 1. The van der Waals surface area contributed by atoms with Crippen LogP contribution >= 0.6 is 0 Å². The number of methoxy groups -OCH3 is 1. The van der Waals surface area contributed by atoms with Gasteiger partial charge < -0.3 is 15.0 Å². The summed E-state index contributed by atoms with van der Waals surface area (Å²) in [5.41, 5.74) is 1.32. The lowest BCUT2D eigenvalue weighted by Gasteiger charge is -2.19. The minimum absolute atomic E-state index is 0.518. The third-order valence-corrected chi connectivity index (χ3v) is 2.95. The van der Waals surface area contributed by atoms with Crippen molar-refractivity contribution in [3.8, 4) is 5.75 Å². The van der Waals surface area contributed by atoms with Crippen LogP contribution < -0.4 is 10.1 Å². The number of likely N-dealkylation sites (N-methyl/N-ethyl adjacent to an activating group) is 1. The first-order valence-electron chi connectivity index (χ1n) is 6.10. The van der Waals surface area contributed by atoms with Gasteiger partial charge in [0.2, 0.25) is 0 Å². The van der Waals surface area contributed by atoms with Crippen molar-refractivity contribution in [3.05, 3.63) is 29.8 Å². The highest BCUT2D eigenvalue weighted by Crippen LogP contribution is 2.14. The lowest BCUT2D eigenvalue weighted by Crippen LogP contribution is -2.31. The second-order valence-corrected chi connectivity index (χ2v) is 4.63. The fourth-order valence-electron chi connectivity index (χ4n) is 1.85. The predicted octanol–water partition coefficient (Wildman–Crippen LogP) is 1.78. The molecule has 0 fully saturated rings. The van der Waals surface area contributed by atoms with Crippen molar-refractivity contribution in [1.82, 2.24) is 10.2 Å². The standard InChI is InChI=1S/C14H24N2O/c1-15-13(8-9-16(2)3)10-12-6-5-7-14(11-12)17-4/h5-7,11,13,15H,8-10H2,1-4H3. The third kappa shape index (κ3) is 5.20. The van der Waals surface area contributed by atoms with Crippen LogP contribution in [0.1, 0.15) is 12.0 Å². The maximum absolute atomic E-state index is 5.24. The van der Waals surface area contributed by atoms with Gasteiger partial charge in [-0.1, -0.05) is 12.1 Å². The SMILES string of the molecule is CNC(CCN(C)C)Cc1cccc(OC)c1. The van der Waals surface area contributed by atoms with Crippen LogP contribution in [-0.4, -0.2) is 45.7 Å². The van der Waals surface area contributed by atoms with Crippen molar-refractivity contribution in [1.29, 1.82) is 0 Å². The molecule has 1 rings (SSSR count). The Morgan fingerprint density at radius 1 is 1.35 bits per heavy atom. The average Bonchev–Trinajstić information content (AvgIpc) is 2.34. The molecular formula is C14H24N2O. The van der Waals surface area contributed by atoms with E-state index in [1.165, 1.54) is 5.56 Å². The zero-order valence-corrected chi connectivity index (χ0v) is 11.4. The molecule has 1 aromatic carbocycles. The summed E-state index contributed by atoms with van der Waals surface area (Å²) in [6, 6.07) is 8.82. The molecular weight excluding hydrogens is 212 g/mol. The van der Waals surface area contributed by atoms with E-state index in [0.717, 1.165) is 25.1 Å². The van der Waals surface area contributed by atoms with Crippen molar-refractivity contribution in [2.24, 2.45) is 0 Å². The first-order chi connectivity index (χ1) is 8.15. The summed E-state index contributed by atoms with van der Waals surface area (Å²) < 4.78 is 5.24. The second-order valence-electron chi connectivity index (χ2n) is 4.63. The normalized spacial score (nSPS) is 12.8. The summed E-state index contributed by atoms with van der Waals surface area (Å²) in [5.74, 6) is 0.935. The van der Waals surface area contributed by atoms with Crippen LogP contribution in [0.2, 0.25) is 0 Å². The van der Waals surface area contributed by atoms with Crippen LogP contribution in [0, 0.1) is 0 Å². The van der Waals surface area contributed by atoms with Crippen LogP contribution in [0.5, 0.6) is 5.75 Å². The lowest BCUT2D eigenvalue weighted by atomic mass is 10.0. The molecule has 1 aromatic rings. The quantitative estimate of drug-likeness (QED) is 0.781. The van der Waals surface area contributed by atoms with Gasteiger partial charge in [-0.25, -0.2) is 0 Å². The van der Waals surface area contributed by atoms with Crippen molar-refractivity contribution in [3.63, 3.8) is 0 Å². The lowest BCUT2D eigenvalue weighted by molar-refractivity contribution is 0.364. The number of nitrogens with zero attached hydrogens (tertiary/aromatic N) is 1. The topological polar surface area (TPSA) is 24.5 Å². The molecule has 17 heavy (non-hydrogen) atoms. The monoisotopic (exact) mass is 236 g/mol. The molecule has 0 aliphatic heterocycles. The molecule has 0 amide bonds. The maximum Gasteiger partial charge on any atom is 0.119 e. The van der Waals surface area contributed by atoms with Gasteiger partial charge in [0.05, 0.1) is 7.11 Å². The summed E-state index contributed by atoms with van der Waals surface area (Å²) in [5, 5.41) is 3.38. The number of hydrogen-bond acceptors (Lipinski definition) is 3. The van der Waals surface area contributed by atoms with E-state index in [1.54, 1.807) is 7.11 Å². The fraction of sp³-hybridized carbons (Fsp3) is 0.571. The van der Waals surface area contributed by atoms with Crippen molar-refractivity contribution in [2.45, 2.75) is 18.9 Å². The molecule has 0 heterocycles. The molecule has 3 heteroatoms. The Hall–Kier alpha value is -1.06. The van der Waals surface area contributed by atoms with Crippen LogP contribution in [-0.2, 0) is 6.42 Å². The van der Waals surface area contributed by atoms with Gasteiger partial charge in [-0.2, -0.15) is 0 Å². The summed E-state index contributed by atoms with van der Waals surface area (Å²) in [4.78, 5) is 2.22. The van der Waals surface area contributed by atoms with Crippen molar-refractivity contribution < 1.29 is 4.74 Å². The zero-order chi connectivity index (χ0) is 12.7. The zero-order valence-electron chi connectivity index (χ0n) is 11.4. The molecule has 0 bridgehead atoms. The first kappa shape index (κ1) is 14.0. The smallest absolute Gasteiger partial charge is 0.119 e. The minimum Gasteiger partial charge on any atom is -0.497 e. The molecule has 1 N–H and O–H groups in total. The Morgan fingerprint density at radius 2 is 2.12 bits per heavy atom. The third-order valence-electron chi connectivity index (χ3n) is 2.95. The van der Waals surface area contributed by atoms with E-state index in [4.69, 9.17) is 4.74 Å². The molecule has 1 atom stereocenters. The van der Waals surface area contributed by atoms with Gasteiger partial charge in [-0.3, -0.25) is 0 Å². The Balaban J connectivity index is 2.54. The van der Waals surface area contributed by atoms with Gasteiger partial charge in [0.15, 0.2) is 0 Å². The molecule has 0 aliphatic carbocycles. The molecule has 0 aromatic heterocycles. The van der Waals surface area contributed by atoms with E-state index >= 15 is 0 Å². The fourth-order valence-corrected chi connectivity index (χ4v) is 1.85. The summed E-state index contributed by atoms with van der Waals surface area (Å²) in [6.45, 7) is 1.11. The van der Waals surface area contributed by atoms with Crippen molar-refractivity contribution >= 4 is 0 Å². The van der Waals surface area contributed by atoms with Crippen LogP contribution in [0.25, 0.3) is 0 Å². The van der Waals surface area contributed by atoms with Gasteiger partial charge in [0.25, 0.3) is 0 Å². The molecule has 96 valence electrons. The molecule has 3 nitrogen and oxygen atoms in total.